The van der Waals surface area contributed by atoms with Crippen molar-refractivity contribution in [1.82, 2.24) is 0 Å². The molecule has 0 aromatic rings. The Morgan fingerprint density at radius 3 is 1.79 bits per heavy atom. The van der Waals surface area contributed by atoms with Gasteiger partial charge in [0, 0.05) is 0 Å². The van der Waals surface area contributed by atoms with Crippen LogP contribution in [0, 0.1) is 11.3 Å². The molecule has 0 bridgehead atoms. The zero-order valence-corrected chi connectivity index (χ0v) is 14.0. The van der Waals surface area contributed by atoms with E-state index in [1.165, 1.54) is 0 Å². The fourth-order valence-electron chi connectivity index (χ4n) is 1.54. The van der Waals surface area contributed by atoms with Crippen molar-refractivity contribution in [2.24, 2.45) is 11.3 Å². The first-order chi connectivity index (χ1) is 6.04. The molecular weight excluding hydrogens is 275 g/mol. The van der Waals surface area contributed by atoms with Crippen LogP contribution in [0.1, 0.15) is 34.6 Å². The fourth-order valence-corrected chi connectivity index (χ4v) is 7.93. The molecule has 0 atom stereocenters. The van der Waals surface area contributed by atoms with E-state index in [2.05, 4.69) is 61.2 Å². The van der Waals surface area contributed by atoms with Crippen LogP contribution in [0.2, 0.25) is 14.8 Å². The van der Waals surface area contributed by atoms with Crippen molar-refractivity contribution in [2.75, 3.05) is 0 Å². The Bertz CT molecular complexity index is 239. The van der Waals surface area contributed by atoms with E-state index in [1.54, 1.807) is 3.59 Å². The van der Waals surface area contributed by atoms with E-state index in [9.17, 15) is 0 Å². The van der Waals surface area contributed by atoms with Crippen LogP contribution in [-0.4, -0.2) is 18.4 Å². The monoisotopic (exact) mass is 302 g/mol. The topological polar surface area (TPSA) is 0 Å². The molecule has 0 N–H and O–H groups in total. The minimum atomic E-state index is -1.90. The molecule has 0 unspecified atom stereocenters. The molecule has 14 heavy (non-hydrogen) atoms. The van der Waals surface area contributed by atoms with Gasteiger partial charge in [0.2, 0.25) is 0 Å². The molecule has 0 aromatic carbocycles. The Balaban J connectivity index is 5.14. The molecule has 0 aromatic heterocycles. The molecule has 0 aliphatic carbocycles. The maximum atomic E-state index is 3.58. The average molecular weight is 301 g/mol. The van der Waals surface area contributed by atoms with Gasteiger partial charge in [0.1, 0.15) is 0 Å². The van der Waals surface area contributed by atoms with Crippen molar-refractivity contribution in [3.63, 3.8) is 0 Å². The molecule has 0 nitrogen and oxygen atoms in total. The predicted molar refractivity (Wildman–Crippen MR) is 69.2 cm³/mol. The van der Waals surface area contributed by atoms with E-state index in [0.29, 0.717) is 5.92 Å². The summed E-state index contributed by atoms with van der Waals surface area (Å²) in [6.07, 6.45) is 2.24. The van der Waals surface area contributed by atoms with Crippen molar-refractivity contribution in [3.8, 4) is 0 Å². The van der Waals surface area contributed by atoms with Gasteiger partial charge >= 0.3 is 94.5 Å². The van der Waals surface area contributed by atoms with E-state index >= 15 is 0 Å². The van der Waals surface area contributed by atoms with Crippen molar-refractivity contribution in [2.45, 2.75) is 49.4 Å². The van der Waals surface area contributed by atoms with Crippen LogP contribution in [0.25, 0.3) is 0 Å². The zero-order valence-electron chi connectivity index (χ0n) is 11.2. The predicted octanol–water partition coefficient (Wildman–Crippen LogP) is 4.65. The molecule has 0 rings (SSSR count). The molecular formula is C13H26Sn. The van der Waals surface area contributed by atoms with Crippen LogP contribution in [0.5, 0.6) is 0 Å². The third kappa shape index (κ3) is 5.93. The average Bonchev–Trinajstić information content (AvgIpc) is 1.79. The zero-order chi connectivity index (χ0) is 11.6. The first kappa shape index (κ1) is 14.3. The van der Waals surface area contributed by atoms with Crippen molar-refractivity contribution >= 4 is 18.4 Å². The van der Waals surface area contributed by atoms with E-state index in [1.807, 2.05) is 0 Å². The van der Waals surface area contributed by atoms with Crippen LogP contribution in [0.15, 0.2) is 15.4 Å². The van der Waals surface area contributed by atoms with Gasteiger partial charge in [-0.15, -0.1) is 0 Å². The molecule has 0 saturated heterocycles. The number of hydrogen-bond donors (Lipinski definition) is 0. The van der Waals surface area contributed by atoms with E-state index in [0.717, 1.165) is 0 Å². The van der Waals surface area contributed by atoms with Gasteiger partial charge in [0.05, 0.1) is 0 Å². The summed E-state index contributed by atoms with van der Waals surface area (Å²) >= 11 is -1.90. The third-order valence-electron chi connectivity index (χ3n) is 2.05. The van der Waals surface area contributed by atoms with Crippen LogP contribution >= 0.6 is 0 Å². The molecule has 82 valence electrons. The Hall–Kier alpha value is 0.319. The maximum absolute atomic E-state index is 3.58. The quantitative estimate of drug-likeness (QED) is 0.514. The minimum absolute atomic E-state index is 0.261. The van der Waals surface area contributed by atoms with Gasteiger partial charge in [-0.2, -0.15) is 0 Å². The molecule has 0 aliphatic rings. The van der Waals surface area contributed by atoms with Crippen LogP contribution in [0.4, 0.5) is 0 Å². The SMILES string of the molecule is CC(C)[C](=C=CC(C)(C)C)[Sn]([CH3])([CH3])[CH3]. The number of rotatable bonds is 2. The standard InChI is InChI=1S/C10H17.3CH3.Sn/c1-9(2)7-6-8-10(3,4)5;;;;/h8-9H,1-5H3;3*1H3;. The second-order valence-electron chi connectivity index (χ2n) is 6.47. The molecule has 0 saturated carbocycles. The van der Waals surface area contributed by atoms with Gasteiger partial charge in [-0.3, -0.25) is 0 Å². The summed E-state index contributed by atoms with van der Waals surface area (Å²) < 4.78 is 1.62. The van der Waals surface area contributed by atoms with E-state index in [-0.39, 0.29) is 5.41 Å². The Morgan fingerprint density at radius 1 is 1.14 bits per heavy atom. The summed E-state index contributed by atoms with van der Waals surface area (Å²) in [5.41, 5.74) is 3.85. The van der Waals surface area contributed by atoms with Crippen molar-refractivity contribution in [1.29, 1.82) is 0 Å². The Labute approximate surface area is 94.4 Å². The van der Waals surface area contributed by atoms with Crippen LogP contribution in [0.3, 0.4) is 0 Å². The number of allylic oxidation sites excluding steroid dienone is 1. The molecule has 0 fully saturated rings. The van der Waals surface area contributed by atoms with Gasteiger partial charge in [-0.1, -0.05) is 0 Å². The summed E-state index contributed by atoms with van der Waals surface area (Å²) in [7, 11) is 0. The molecule has 0 spiro atoms. The molecule has 0 heterocycles. The summed E-state index contributed by atoms with van der Waals surface area (Å²) in [5.74, 6) is 0.671. The normalized spacial score (nSPS) is 12.6. The molecule has 0 radical (unpaired) electrons. The van der Waals surface area contributed by atoms with Gasteiger partial charge in [-0.05, 0) is 0 Å². The first-order valence-corrected chi connectivity index (χ1v) is 15.5. The Kier molecular flexibility index (Phi) is 5.01. The molecule has 1 heteroatoms. The van der Waals surface area contributed by atoms with Gasteiger partial charge in [0.25, 0.3) is 0 Å². The summed E-state index contributed by atoms with van der Waals surface area (Å²) in [4.78, 5) is 7.40. The van der Waals surface area contributed by atoms with E-state index < -0.39 is 18.4 Å². The van der Waals surface area contributed by atoms with Crippen LogP contribution < -0.4 is 0 Å². The summed E-state index contributed by atoms with van der Waals surface area (Å²) in [5, 5.41) is 0. The first-order valence-electron chi connectivity index (χ1n) is 5.52. The molecule has 0 aliphatic heterocycles. The van der Waals surface area contributed by atoms with Gasteiger partial charge < -0.3 is 0 Å². The molecule has 0 amide bonds. The van der Waals surface area contributed by atoms with Crippen LogP contribution in [-0.2, 0) is 0 Å². The summed E-state index contributed by atoms with van der Waals surface area (Å²) in [6, 6.07) is 0. The van der Waals surface area contributed by atoms with Gasteiger partial charge in [-0.25, -0.2) is 0 Å². The van der Waals surface area contributed by atoms with Gasteiger partial charge in [0.15, 0.2) is 0 Å². The number of hydrogen-bond acceptors (Lipinski definition) is 0. The third-order valence-corrected chi connectivity index (χ3v) is 8.72. The second-order valence-corrected chi connectivity index (χ2v) is 20.9. The fraction of sp³-hybridized carbons (Fsp3) is 0.769. The summed E-state index contributed by atoms with van der Waals surface area (Å²) in [6.45, 7) is 11.3. The van der Waals surface area contributed by atoms with Crippen molar-refractivity contribution in [3.05, 3.63) is 15.4 Å². The van der Waals surface area contributed by atoms with Crippen molar-refractivity contribution < 1.29 is 0 Å². The second kappa shape index (κ2) is 4.90. The van der Waals surface area contributed by atoms with E-state index in [4.69, 9.17) is 0 Å². The Morgan fingerprint density at radius 2 is 1.57 bits per heavy atom.